The molecule has 0 saturated carbocycles. The number of carbonyl (C=O) groups excluding carboxylic acids is 2. The molecule has 6 heteroatoms. The highest BCUT2D eigenvalue weighted by molar-refractivity contribution is 5.85. The molecule has 2 aliphatic heterocycles. The first-order valence-corrected chi connectivity index (χ1v) is 7.68. The highest BCUT2D eigenvalue weighted by Crippen LogP contribution is 2.19. The summed E-state index contributed by atoms with van der Waals surface area (Å²) < 4.78 is 0. The van der Waals surface area contributed by atoms with Gasteiger partial charge >= 0.3 is 0 Å². The standard InChI is InChI=1S/C15H27N3O2.ClH/c1-15(2,3)14(20)18-9-7-17(8-10-18)13(19)11-12-5-4-6-16-12;/h12,16H,4-11H2,1-3H3;1H. The van der Waals surface area contributed by atoms with Gasteiger partial charge in [-0.3, -0.25) is 9.59 Å². The maximum Gasteiger partial charge on any atom is 0.228 e. The predicted octanol–water partition coefficient (Wildman–Crippen LogP) is 1.27. The Bertz CT molecular complexity index is 368. The lowest BCUT2D eigenvalue weighted by atomic mass is 9.94. The first kappa shape index (κ1) is 18.2. The minimum atomic E-state index is -0.333. The van der Waals surface area contributed by atoms with Crippen molar-refractivity contribution in [3.8, 4) is 0 Å². The van der Waals surface area contributed by atoms with E-state index in [2.05, 4.69) is 5.32 Å². The van der Waals surface area contributed by atoms with Gasteiger partial charge in [-0.15, -0.1) is 12.4 Å². The van der Waals surface area contributed by atoms with Gasteiger partial charge in [0.15, 0.2) is 0 Å². The Hall–Kier alpha value is -0.810. The Kier molecular flexibility index (Phi) is 6.47. The number of halogens is 1. The molecule has 1 unspecified atom stereocenters. The average Bonchev–Trinajstić information content (AvgIpc) is 2.90. The van der Waals surface area contributed by atoms with Crippen LogP contribution in [0.15, 0.2) is 0 Å². The Morgan fingerprint density at radius 1 is 1.10 bits per heavy atom. The van der Waals surface area contributed by atoms with Crippen LogP contribution < -0.4 is 5.32 Å². The summed E-state index contributed by atoms with van der Waals surface area (Å²) in [5.41, 5.74) is -0.333. The van der Waals surface area contributed by atoms with Crippen molar-refractivity contribution >= 4 is 24.2 Å². The minimum absolute atomic E-state index is 0. The molecule has 21 heavy (non-hydrogen) atoms. The van der Waals surface area contributed by atoms with Crippen LogP contribution in [0.25, 0.3) is 0 Å². The van der Waals surface area contributed by atoms with Crippen LogP contribution in [0, 0.1) is 5.41 Å². The maximum absolute atomic E-state index is 12.2. The lowest BCUT2D eigenvalue weighted by Gasteiger charge is -2.38. The SMILES string of the molecule is CC(C)(C)C(=O)N1CCN(C(=O)CC2CCCN2)CC1.Cl. The number of amides is 2. The van der Waals surface area contributed by atoms with E-state index in [9.17, 15) is 9.59 Å². The molecule has 0 aromatic heterocycles. The second-order valence-corrected chi connectivity index (χ2v) is 6.92. The summed E-state index contributed by atoms with van der Waals surface area (Å²) in [5.74, 6) is 0.411. The number of nitrogens with one attached hydrogen (secondary N) is 1. The first-order chi connectivity index (χ1) is 9.38. The largest absolute Gasteiger partial charge is 0.339 e. The number of carbonyl (C=O) groups is 2. The van der Waals surface area contributed by atoms with Crippen molar-refractivity contribution in [2.24, 2.45) is 5.41 Å². The highest BCUT2D eigenvalue weighted by Gasteiger charge is 2.31. The molecule has 2 aliphatic rings. The molecule has 0 aliphatic carbocycles. The van der Waals surface area contributed by atoms with Crippen molar-refractivity contribution in [2.75, 3.05) is 32.7 Å². The van der Waals surface area contributed by atoms with E-state index in [4.69, 9.17) is 0 Å². The van der Waals surface area contributed by atoms with Gasteiger partial charge in [0, 0.05) is 44.1 Å². The fourth-order valence-corrected chi connectivity index (χ4v) is 2.90. The Morgan fingerprint density at radius 2 is 1.67 bits per heavy atom. The van der Waals surface area contributed by atoms with E-state index in [1.165, 1.54) is 6.42 Å². The van der Waals surface area contributed by atoms with Gasteiger partial charge in [0.1, 0.15) is 0 Å². The average molecular weight is 318 g/mol. The van der Waals surface area contributed by atoms with E-state index in [-0.39, 0.29) is 29.6 Å². The number of piperazine rings is 1. The van der Waals surface area contributed by atoms with Crippen LogP contribution in [0.3, 0.4) is 0 Å². The maximum atomic E-state index is 12.2. The van der Waals surface area contributed by atoms with E-state index in [0.717, 1.165) is 13.0 Å². The Labute approximate surface area is 133 Å². The summed E-state index contributed by atoms with van der Waals surface area (Å²) in [6.45, 7) is 9.54. The van der Waals surface area contributed by atoms with E-state index >= 15 is 0 Å². The van der Waals surface area contributed by atoms with Crippen LogP contribution in [-0.2, 0) is 9.59 Å². The van der Waals surface area contributed by atoms with Gasteiger partial charge in [0.05, 0.1) is 0 Å². The van der Waals surface area contributed by atoms with Crippen LogP contribution >= 0.6 is 12.4 Å². The minimum Gasteiger partial charge on any atom is -0.339 e. The zero-order valence-corrected chi connectivity index (χ0v) is 14.2. The van der Waals surface area contributed by atoms with Gasteiger partial charge in [0.25, 0.3) is 0 Å². The van der Waals surface area contributed by atoms with E-state index in [1.807, 2.05) is 30.6 Å². The molecule has 0 aromatic carbocycles. The molecule has 122 valence electrons. The van der Waals surface area contributed by atoms with Crippen molar-refractivity contribution in [3.63, 3.8) is 0 Å². The van der Waals surface area contributed by atoms with E-state index in [0.29, 0.717) is 38.6 Å². The molecule has 2 rings (SSSR count). The predicted molar refractivity (Wildman–Crippen MR) is 85.5 cm³/mol. The second kappa shape index (κ2) is 7.45. The molecular formula is C15H28ClN3O2. The summed E-state index contributed by atoms with van der Waals surface area (Å²) in [4.78, 5) is 28.2. The molecule has 2 amide bonds. The number of hydrogen-bond acceptors (Lipinski definition) is 3. The summed E-state index contributed by atoms with van der Waals surface area (Å²) in [7, 11) is 0. The van der Waals surface area contributed by atoms with Crippen molar-refractivity contribution in [2.45, 2.75) is 46.1 Å². The van der Waals surface area contributed by atoms with Crippen molar-refractivity contribution in [1.29, 1.82) is 0 Å². The lowest BCUT2D eigenvalue weighted by molar-refractivity contribution is -0.145. The molecular weight excluding hydrogens is 290 g/mol. The molecule has 0 bridgehead atoms. The highest BCUT2D eigenvalue weighted by atomic mass is 35.5. The molecule has 2 heterocycles. The Balaban J connectivity index is 0.00000220. The molecule has 1 N–H and O–H groups in total. The van der Waals surface area contributed by atoms with Crippen LogP contribution in [-0.4, -0.2) is 60.4 Å². The summed E-state index contributed by atoms with van der Waals surface area (Å²) >= 11 is 0. The smallest absolute Gasteiger partial charge is 0.228 e. The van der Waals surface area contributed by atoms with Crippen molar-refractivity contribution < 1.29 is 9.59 Å². The molecule has 0 aromatic rings. The van der Waals surface area contributed by atoms with Crippen LogP contribution in [0.2, 0.25) is 0 Å². The van der Waals surface area contributed by atoms with E-state index in [1.54, 1.807) is 0 Å². The lowest BCUT2D eigenvalue weighted by Crippen LogP contribution is -2.53. The normalized spacial score (nSPS) is 22.9. The zero-order valence-electron chi connectivity index (χ0n) is 13.4. The van der Waals surface area contributed by atoms with Gasteiger partial charge in [-0.25, -0.2) is 0 Å². The summed E-state index contributed by atoms with van der Waals surface area (Å²) in [5, 5.41) is 3.36. The van der Waals surface area contributed by atoms with Gasteiger partial charge < -0.3 is 15.1 Å². The fraction of sp³-hybridized carbons (Fsp3) is 0.867. The molecule has 2 fully saturated rings. The fourth-order valence-electron chi connectivity index (χ4n) is 2.90. The number of nitrogens with zero attached hydrogens (tertiary/aromatic N) is 2. The zero-order chi connectivity index (χ0) is 14.8. The second-order valence-electron chi connectivity index (χ2n) is 6.92. The third kappa shape index (κ3) is 4.85. The third-order valence-electron chi connectivity index (χ3n) is 4.14. The van der Waals surface area contributed by atoms with Gasteiger partial charge in [0.2, 0.25) is 11.8 Å². The number of rotatable bonds is 2. The molecule has 0 spiro atoms. The molecule has 0 radical (unpaired) electrons. The van der Waals surface area contributed by atoms with Crippen LogP contribution in [0.5, 0.6) is 0 Å². The summed E-state index contributed by atoms with van der Waals surface area (Å²) in [6, 6.07) is 0.358. The third-order valence-corrected chi connectivity index (χ3v) is 4.14. The van der Waals surface area contributed by atoms with Gasteiger partial charge in [-0.2, -0.15) is 0 Å². The number of hydrogen-bond donors (Lipinski definition) is 1. The van der Waals surface area contributed by atoms with Crippen LogP contribution in [0.4, 0.5) is 0 Å². The summed E-state index contributed by atoms with van der Waals surface area (Å²) in [6.07, 6.45) is 2.88. The van der Waals surface area contributed by atoms with Crippen LogP contribution in [0.1, 0.15) is 40.0 Å². The van der Waals surface area contributed by atoms with Crippen molar-refractivity contribution in [1.82, 2.24) is 15.1 Å². The monoisotopic (exact) mass is 317 g/mol. The van der Waals surface area contributed by atoms with E-state index < -0.39 is 0 Å². The topological polar surface area (TPSA) is 52.7 Å². The molecule has 5 nitrogen and oxygen atoms in total. The van der Waals surface area contributed by atoms with Gasteiger partial charge in [-0.05, 0) is 19.4 Å². The Morgan fingerprint density at radius 3 is 2.14 bits per heavy atom. The van der Waals surface area contributed by atoms with Crippen molar-refractivity contribution in [3.05, 3.63) is 0 Å². The van der Waals surface area contributed by atoms with Gasteiger partial charge in [-0.1, -0.05) is 20.8 Å². The first-order valence-electron chi connectivity index (χ1n) is 7.68. The molecule has 2 saturated heterocycles. The quantitative estimate of drug-likeness (QED) is 0.834. The molecule has 1 atom stereocenters.